The summed E-state index contributed by atoms with van der Waals surface area (Å²) in [6.45, 7) is 10.6. The van der Waals surface area contributed by atoms with Gasteiger partial charge in [-0.05, 0) is 47.8 Å². The van der Waals surface area contributed by atoms with Gasteiger partial charge in [0.2, 0.25) is 0 Å². The first-order chi connectivity index (χ1) is 8.38. The van der Waals surface area contributed by atoms with Crippen LogP contribution in [0.1, 0.15) is 41.5 Å². The Labute approximate surface area is 118 Å². The summed E-state index contributed by atoms with van der Waals surface area (Å²) in [5, 5.41) is 8.86. The minimum absolute atomic E-state index is 0.0919. The topological polar surface area (TPSA) is 79.2 Å². The standard InChI is InChI=1S/C12H22N2O4S/c1-11(2,3)14(8(19-7)13-9(15)16)10(17)18-12(4,5)6/h1-7H3,(H,15,16). The summed E-state index contributed by atoms with van der Waals surface area (Å²) >= 11 is 1.08. The molecule has 0 atom stereocenters. The van der Waals surface area contributed by atoms with Crippen LogP contribution in [0.15, 0.2) is 4.99 Å². The van der Waals surface area contributed by atoms with Crippen molar-refractivity contribution in [2.24, 2.45) is 4.99 Å². The zero-order valence-electron chi connectivity index (χ0n) is 12.5. The molecule has 6 nitrogen and oxygen atoms in total. The fourth-order valence-corrected chi connectivity index (χ4v) is 1.92. The molecule has 1 N–H and O–H groups in total. The third-order valence-electron chi connectivity index (χ3n) is 1.81. The molecule has 2 amide bonds. The van der Waals surface area contributed by atoms with Gasteiger partial charge < -0.3 is 9.84 Å². The molecule has 0 fully saturated rings. The molecule has 0 rings (SSSR count). The van der Waals surface area contributed by atoms with Crippen molar-refractivity contribution in [3.63, 3.8) is 0 Å². The number of carboxylic acid groups (broad SMARTS) is 1. The molecule has 0 aromatic carbocycles. The third kappa shape index (κ3) is 6.47. The summed E-state index contributed by atoms with van der Waals surface area (Å²) in [6, 6.07) is 0. The SMILES string of the molecule is CSC(=NC(=O)O)N(C(=O)OC(C)(C)C)C(C)(C)C. The molecule has 0 aliphatic heterocycles. The number of amides is 2. The van der Waals surface area contributed by atoms with Crippen LogP contribution >= 0.6 is 11.8 Å². The molecule has 19 heavy (non-hydrogen) atoms. The fourth-order valence-electron chi connectivity index (χ4n) is 1.22. The Hall–Kier alpha value is -1.24. The van der Waals surface area contributed by atoms with Crippen LogP contribution in [-0.4, -0.2) is 44.8 Å². The van der Waals surface area contributed by atoms with Crippen LogP contribution in [0.2, 0.25) is 0 Å². The van der Waals surface area contributed by atoms with Crippen LogP contribution in [0.25, 0.3) is 0 Å². The number of carbonyl (C=O) groups is 2. The molecule has 0 aromatic heterocycles. The second-order valence-electron chi connectivity index (χ2n) is 5.87. The summed E-state index contributed by atoms with van der Waals surface area (Å²) in [7, 11) is 0. The first-order valence-corrected chi connectivity index (χ1v) is 7.00. The molecular formula is C12H22N2O4S. The van der Waals surface area contributed by atoms with Gasteiger partial charge in [-0.3, -0.25) is 4.90 Å². The third-order valence-corrected chi connectivity index (χ3v) is 2.45. The van der Waals surface area contributed by atoms with Crippen LogP contribution in [0.5, 0.6) is 0 Å². The summed E-state index contributed by atoms with van der Waals surface area (Å²) in [5.74, 6) is 0. The predicted octanol–water partition coefficient (Wildman–Crippen LogP) is 3.42. The van der Waals surface area contributed by atoms with Crippen molar-refractivity contribution in [1.29, 1.82) is 0 Å². The Morgan fingerprint density at radius 3 is 1.89 bits per heavy atom. The Bertz CT molecular complexity index is 380. The van der Waals surface area contributed by atoms with E-state index in [-0.39, 0.29) is 5.17 Å². The normalized spacial score (nSPS) is 13.1. The minimum Gasteiger partial charge on any atom is -0.463 e. The van der Waals surface area contributed by atoms with Gasteiger partial charge in [-0.15, -0.1) is 0 Å². The van der Waals surface area contributed by atoms with E-state index in [9.17, 15) is 9.59 Å². The van der Waals surface area contributed by atoms with E-state index in [0.29, 0.717) is 0 Å². The van der Waals surface area contributed by atoms with Gasteiger partial charge in [-0.25, -0.2) is 9.59 Å². The number of hydrogen-bond donors (Lipinski definition) is 1. The molecule has 0 spiro atoms. The molecule has 0 unspecified atom stereocenters. The van der Waals surface area contributed by atoms with Crippen LogP contribution in [0.4, 0.5) is 9.59 Å². The summed E-state index contributed by atoms with van der Waals surface area (Å²) in [5.41, 5.74) is -1.30. The minimum atomic E-state index is -1.35. The summed E-state index contributed by atoms with van der Waals surface area (Å²) in [6.07, 6.45) is -0.304. The molecule has 0 radical (unpaired) electrons. The fraction of sp³-hybridized carbons (Fsp3) is 0.750. The molecule has 0 aliphatic carbocycles. The van der Waals surface area contributed by atoms with Gasteiger partial charge in [0.05, 0.1) is 0 Å². The van der Waals surface area contributed by atoms with E-state index in [1.165, 1.54) is 4.90 Å². The highest BCUT2D eigenvalue weighted by Crippen LogP contribution is 2.22. The lowest BCUT2D eigenvalue weighted by molar-refractivity contribution is 0.0257. The smallest absolute Gasteiger partial charge is 0.433 e. The van der Waals surface area contributed by atoms with E-state index in [2.05, 4.69) is 4.99 Å². The number of rotatable bonds is 0. The molecule has 0 saturated heterocycles. The Morgan fingerprint density at radius 1 is 1.16 bits per heavy atom. The highest BCUT2D eigenvalue weighted by molar-refractivity contribution is 8.13. The quantitative estimate of drug-likeness (QED) is 0.546. The van der Waals surface area contributed by atoms with Crippen LogP contribution in [0.3, 0.4) is 0 Å². The first-order valence-electron chi connectivity index (χ1n) is 5.77. The maximum absolute atomic E-state index is 12.2. The number of ether oxygens (including phenoxy) is 1. The Kier molecular flexibility index (Phi) is 5.86. The summed E-state index contributed by atoms with van der Waals surface area (Å²) in [4.78, 5) is 27.6. The van der Waals surface area contributed by atoms with Gasteiger partial charge in [0.25, 0.3) is 0 Å². The van der Waals surface area contributed by atoms with E-state index in [1.54, 1.807) is 47.8 Å². The Morgan fingerprint density at radius 2 is 1.63 bits per heavy atom. The maximum atomic E-state index is 12.2. The molecule has 0 bridgehead atoms. The molecular weight excluding hydrogens is 268 g/mol. The largest absolute Gasteiger partial charge is 0.463 e. The van der Waals surface area contributed by atoms with Gasteiger partial charge in [0.15, 0.2) is 5.17 Å². The van der Waals surface area contributed by atoms with Crippen LogP contribution < -0.4 is 0 Å². The van der Waals surface area contributed by atoms with Gasteiger partial charge >= 0.3 is 12.2 Å². The molecule has 7 heteroatoms. The van der Waals surface area contributed by atoms with E-state index in [1.807, 2.05) is 0 Å². The number of hydrogen-bond acceptors (Lipinski definition) is 4. The van der Waals surface area contributed by atoms with Crippen LogP contribution in [-0.2, 0) is 4.74 Å². The molecule has 0 aromatic rings. The van der Waals surface area contributed by atoms with Gasteiger partial charge in [-0.1, -0.05) is 11.8 Å². The highest BCUT2D eigenvalue weighted by atomic mass is 32.2. The first kappa shape index (κ1) is 17.8. The van der Waals surface area contributed by atoms with Crippen LogP contribution in [0, 0.1) is 0 Å². The van der Waals surface area contributed by atoms with Crippen molar-refractivity contribution in [3.05, 3.63) is 0 Å². The second-order valence-corrected chi connectivity index (χ2v) is 6.64. The number of amidine groups is 1. The predicted molar refractivity (Wildman–Crippen MR) is 76.8 cm³/mol. The highest BCUT2D eigenvalue weighted by Gasteiger charge is 2.34. The zero-order chi connectivity index (χ0) is 15.4. The number of carbonyl (C=O) groups excluding carboxylic acids is 1. The average Bonchev–Trinajstić information content (AvgIpc) is 2.10. The average molecular weight is 290 g/mol. The number of nitrogens with zero attached hydrogens (tertiary/aromatic N) is 2. The van der Waals surface area contributed by atoms with Crippen molar-refractivity contribution in [2.75, 3.05) is 6.26 Å². The lowest BCUT2D eigenvalue weighted by atomic mass is 10.1. The maximum Gasteiger partial charge on any atom is 0.433 e. The van der Waals surface area contributed by atoms with Crippen molar-refractivity contribution >= 4 is 29.1 Å². The van der Waals surface area contributed by atoms with Crippen molar-refractivity contribution < 1.29 is 19.4 Å². The van der Waals surface area contributed by atoms with Crippen molar-refractivity contribution in [3.8, 4) is 0 Å². The van der Waals surface area contributed by atoms with Gasteiger partial charge in [0.1, 0.15) is 5.60 Å². The number of aliphatic imine (C=N–C) groups is 1. The van der Waals surface area contributed by atoms with E-state index in [0.717, 1.165) is 11.8 Å². The lowest BCUT2D eigenvalue weighted by Gasteiger charge is -2.36. The Balaban J connectivity index is 5.46. The number of thioether (sulfide) groups is 1. The summed E-state index contributed by atoms with van der Waals surface area (Å²) < 4.78 is 5.29. The molecule has 0 saturated carbocycles. The molecule has 110 valence electrons. The van der Waals surface area contributed by atoms with Crippen molar-refractivity contribution in [1.82, 2.24) is 4.90 Å². The van der Waals surface area contributed by atoms with Crippen molar-refractivity contribution in [2.45, 2.75) is 52.7 Å². The van der Waals surface area contributed by atoms with E-state index in [4.69, 9.17) is 9.84 Å². The monoisotopic (exact) mass is 290 g/mol. The molecule has 0 aliphatic rings. The van der Waals surface area contributed by atoms with Gasteiger partial charge in [-0.2, -0.15) is 4.99 Å². The van der Waals surface area contributed by atoms with E-state index < -0.39 is 23.3 Å². The lowest BCUT2D eigenvalue weighted by Crippen LogP contribution is -2.50. The zero-order valence-corrected chi connectivity index (χ0v) is 13.3. The van der Waals surface area contributed by atoms with Gasteiger partial charge in [0, 0.05) is 5.54 Å². The molecule has 0 heterocycles. The van der Waals surface area contributed by atoms with E-state index >= 15 is 0 Å². The second kappa shape index (κ2) is 6.27.